The number of Topliss-reactive ketones (excluding diaryl/α,β-unsaturated/α-hetero) is 1. The zero-order valence-corrected chi connectivity index (χ0v) is 13.8. The predicted octanol–water partition coefficient (Wildman–Crippen LogP) is 5.01. The molecular formula is C17H15BrOS. The maximum absolute atomic E-state index is 12.6. The molecule has 0 N–H and O–H groups in total. The highest BCUT2D eigenvalue weighted by molar-refractivity contribution is 9.10. The molecule has 1 aromatic heterocycles. The van der Waals surface area contributed by atoms with E-state index in [1.54, 1.807) is 11.3 Å². The summed E-state index contributed by atoms with van der Waals surface area (Å²) in [6.07, 6.45) is 0.770. The van der Waals surface area contributed by atoms with Gasteiger partial charge in [0.15, 0.2) is 5.78 Å². The van der Waals surface area contributed by atoms with Crippen LogP contribution < -0.4 is 0 Å². The normalized spacial score (nSPS) is 18.9. The Kier molecular flexibility index (Phi) is 3.65. The van der Waals surface area contributed by atoms with E-state index in [-0.39, 0.29) is 10.6 Å². The van der Waals surface area contributed by atoms with Gasteiger partial charge in [-0.3, -0.25) is 4.79 Å². The Labute approximate surface area is 131 Å². The molecule has 102 valence electrons. The summed E-state index contributed by atoms with van der Waals surface area (Å²) in [5.74, 6) is 0.213. The van der Waals surface area contributed by atoms with Gasteiger partial charge in [-0.25, -0.2) is 0 Å². The van der Waals surface area contributed by atoms with Crippen molar-refractivity contribution in [2.45, 2.75) is 25.1 Å². The molecule has 3 heteroatoms. The topological polar surface area (TPSA) is 17.1 Å². The third-order valence-corrected chi connectivity index (χ3v) is 5.35. The van der Waals surface area contributed by atoms with Crippen LogP contribution in [0.5, 0.6) is 0 Å². The molecule has 1 atom stereocenters. The van der Waals surface area contributed by atoms with Crippen LogP contribution in [0.3, 0.4) is 0 Å². The number of benzene rings is 1. The van der Waals surface area contributed by atoms with Gasteiger partial charge in [0.2, 0.25) is 0 Å². The third-order valence-electron chi connectivity index (χ3n) is 3.65. The van der Waals surface area contributed by atoms with Crippen molar-refractivity contribution in [2.24, 2.45) is 0 Å². The van der Waals surface area contributed by atoms with Crippen LogP contribution in [0.4, 0.5) is 0 Å². The summed E-state index contributed by atoms with van der Waals surface area (Å²) < 4.78 is 0. The SMILES string of the molecule is Cc1cc(C2=C(c3ccccc3)CC(Br)C2=O)c(C)s1. The summed E-state index contributed by atoms with van der Waals surface area (Å²) in [6.45, 7) is 4.19. The fraction of sp³-hybridized carbons (Fsp3) is 0.235. The average molecular weight is 347 g/mol. The van der Waals surface area contributed by atoms with E-state index in [1.807, 2.05) is 18.2 Å². The van der Waals surface area contributed by atoms with Gasteiger partial charge >= 0.3 is 0 Å². The highest BCUT2D eigenvalue weighted by Crippen LogP contribution is 2.42. The van der Waals surface area contributed by atoms with Crippen LogP contribution in [-0.2, 0) is 4.79 Å². The summed E-state index contributed by atoms with van der Waals surface area (Å²) >= 11 is 5.28. The first-order valence-electron chi connectivity index (χ1n) is 6.62. The Morgan fingerprint density at radius 1 is 1.20 bits per heavy atom. The summed E-state index contributed by atoms with van der Waals surface area (Å²) in [5.41, 5.74) is 4.33. The summed E-state index contributed by atoms with van der Waals surface area (Å²) in [4.78, 5) is 14.9. The lowest BCUT2D eigenvalue weighted by atomic mass is 9.97. The number of hydrogen-bond donors (Lipinski definition) is 0. The van der Waals surface area contributed by atoms with Crippen LogP contribution in [0.15, 0.2) is 36.4 Å². The fourth-order valence-corrected chi connectivity index (χ4v) is 4.24. The number of aryl methyl sites for hydroxylation is 2. The van der Waals surface area contributed by atoms with Crippen LogP contribution in [0.25, 0.3) is 11.1 Å². The molecule has 0 spiro atoms. The number of thiophene rings is 1. The van der Waals surface area contributed by atoms with Gasteiger partial charge in [-0.1, -0.05) is 46.3 Å². The molecule has 1 unspecified atom stereocenters. The number of ketones is 1. The number of carbonyl (C=O) groups excluding carboxylic acids is 1. The Balaban J connectivity index is 2.21. The number of allylic oxidation sites excluding steroid dienone is 2. The average Bonchev–Trinajstić information content (AvgIpc) is 2.91. The van der Waals surface area contributed by atoms with E-state index in [1.165, 1.54) is 15.3 Å². The monoisotopic (exact) mass is 346 g/mol. The minimum atomic E-state index is -0.0905. The quantitative estimate of drug-likeness (QED) is 0.698. The highest BCUT2D eigenvalue weighted by atomic mass is 79.9. The summed E-state index contributed by atoms with van der Waals surface area (Å²) in [6, 6.07) is 12.4. The number of rotatable bonds is 2. The Morgan fingerprint density at radius 3 is 2.50 bits per heavy atom. The largest absolute Gasteiger partial charge is 0.293 e. The molecule has 1 heterocycles. The molecule has 1 aliphatic rings. The van der Waals surface area contributed by atoms with Gasteiger partial charge in [-0.2, -0.15) is 0 Å². The molecule has 2 aromatic rings. The van der Waals surface area contributed by atoms with Crippen molar-refractivity contribution in [2.75, 3.05) is 0 Å². The molecule has 0 bridgehead atoms. The fourth-order valence-electron chi connectivity index (χ4n) is 2.76. The Bertz CT molecular complexity index is 697. The number of alkyl halides is 1. The molecule has 0 saturated heterocycles. The maximum Gasteiger partial charge on any atom is 0.177 e. The van der Waals surface area contributed by atoms with Gasteiger partial charge in [0.25, 0.3) is 0 Å². The predicted molar refractivity (Wildman–Crippen MR) is 89.4 cm³/mol. The Hall–Kier alpha value is -1.19. The second-order valence-electron chi connectivity index (χ2n) is 5.08. The number of halogens is 1. The molecule has 1 aliphatic carbocycles. The highest BCUT2D eigenvalue weighted by Gasteiger charge is 2.33. The van der Waals surface area contributed by atoms with E-state index in [2.05, 4.69) is 48.0 Å². The minimum absolute atomic E-state index is 0.0905. The van der Waals surface area contributed by atoms with Gasteiger partial charge in [-0.05, 0) is 43.0 Å². The maximum atomic E-state index is 12.6. The lowest BCUT2D eigenvalue weighted by molar-refractivity contribution is -0.112. The lowest BCUT2D eigenvalue weighted by Gasteiger charge is -2.06. The smallest absolute Gasteiger partial charge is 0.177 e. The van der Waals surface area contributed by atoms with Crippen LogP contribution >= 0.6 is 27.3 Å². The van der Waals surface area contributed by atoms with Crippen LogP contribution in [0, 0.1) is 13.8 Å². The van der Waals surface area contributed by atoms with Gasteiger partial charge in [0.1, 0.15) is 0 Å². The molecule has 0 fully saturated rings. The standard InChI is InChI=1S/C17H15BrOS/c1-10-8-13(11(2)20-10)16-14(9-15(18)17(16)19)12-6-4-3-5-7-12/h3-8,15H,9H2,1-2H3. The molecule has 0 radical (unpaired) electrons. The van der Waals surface area contributed by atoms with Crippen LogP contribution in [0.1, 0.15) is 27.3 Å². The van der Waals surface area contributed by atoms with Gasteiger partial charge in [-0.15, -0.1) is 11.3 Å². The van der Waals surface area contributed by atoms with E-state index in [0.717, 1.165) is 23.1 Å². The van der Waals surface area contributed by atoms with Crippen molar-refractivity contribution in [1.29, 1.82) is 0 Å². The van der Waals surface area contributed by atoms with Gasteiger partial charge in [0, 0.05) is 15.3 Å². The minimum Gasteiger partial charge on any atom is -0.293 e. The van der Waals surface area contributed by atoms with Crippen molar-refractivity contribution in [3.63, 3.8) is 0 Å². The van der Waals surface area contributed by atoms with Gasteiger partial charge in [0.05, 0.1) is 4.83 Å². The summed E-state index contributed by atoms with van der Waals surface area (Å²) in [7, 11) is 0. The Morgan fingerprint density at radius 2 is 1.90 bits per heavy atom. The van der Waals surface area contributed by atoms with Crippen molar-refractivity contribution in [3.05, 3.63) is 57.3 Å². The van der Waals surface area contributed by atoms with E-state index < -0.39 is 0 Å². The molecule has 0 amide bonds. The summed E-state index contributed by atoms with van der Waals surface area (Å²) in [5, 5.41) is 0. The zero-order valence-electron chi connectivity index (χ0n) is 11.4. The molecule has 1 nitrogen and oxygen atoms in total. The molecule has 0 aliphatic heterocycles. The first-order valence-corrected chi connectivity index (χ1v) is 8.35. The lowest BCUT2D eigenvalue weighted by Crippen LogP contribution is -2.07. The zero-order chi connectivity index (χ0) is 14.3. The van der Waals surface area contributed by atoms with E-state index in [9.17, 15) is 4.79 Å². The molecule has 3 rings (SSSR count). The van der Waals surface area contributed by atoms with Crippen molar-refractivity contribution >= 4 is 44.2 Å². The first-order chi connectivity index (χ1) is 9.58. The molecule has 0 saturated carbocycles. The third kappa shape index (κ3) is 2.29. The van der Waals surface area contributed by atoms with Crippen molar-refractivity contribution < 1.29 is 4.79 Å². The van der Waals surface area contributed by atoms with E-state index >= 15 is 0 Å². The second-order valence-corrected chi connectivity index (χ2v) is 7.65. The van der Waals surface area contributed by atoms with Crippen LogP contribution in [0.2, 0.25) is 0 Å². The van der Waals surface area contributed by atoms with E-state index in [0.29, 0.717) is 0 Å². The molecule has 1 aromatic carbocycles. The molecular weight excluding hydrogens is 332 g/mol. The van der Waals surface area contributed by atoms with Gasteiger partial charge < -0.3 is 0 Å². The molecule has 20 heavy (non-hydrogen) atoms. The number of carbonyl (C=O) groups is 1. The van der Waals surface area contributed by atoms with Crippen molar-refractivity contribution in [3.8, 4) is 0 Å². The van der Waals surface area contributed by atoms with Crippen LogP contribution in [-0.4, -0.2) is 10.6 Å². The van der Waals surface area contributed by atoms with Crippen molar-refractivity contribution in [1.82, 2.24) is 0 Å². The second kappa shape index (κ2) is 5.30. The number of hydrogen-bond acceptors (Lipinski definition) is 2. The van der Waals surface area contributed by atoms with E-state index in [4.69, 9.17) is 0 Å². The first kappa shape index (κ1) is 13.8.